The molecule has 0 unspecified atom stereocenters. The molecule has 0 radical (unpaired) electrons. The molecule has 2 aliphatic heterocycles. The van der Waals surface area contributed by atoms with E-state index in [9.17, 15) is 0 Å². The summed E-state index contributed by atoms with van der Waals surface area (Å²) < 4.78 is 7.56. The lowest BCUT2D eigenvalue weighted by molar-refractivity contribution is 0.184. The van der Waals surface area contributed by atoms with Crippen molar-refractivity contribution in [2.75, 3.05) is 20.3 Å². The monoisotopic (exact) mass is 342 g/mol. The van der Waals surface area contributed by atoms with E-state index in [1.54, 1.807) is 7.11 Å². The second-order valence-electron chi connectivity index (χ2n) is 6.26. The van der Waals surface area contributed by atoms with E-state index in [0.29, 0.717) is 11.9 Å². The molecule has 4 rings (SSSR count). The minimum absolute atomic E-state index is 0.0531. The summed E-state index contributed by atoms with van der Waals surface area (Å²) in [5.74, 6) is 0. The van der Waals surface area contributed by atoms with Gasteiger partial charge in [0, 0.05) is 43.5 Å². The molecule has 24 heavy (non-hydrogen) atoms. The van der Waals surface area contributed by atoms with Gasteiger partial charge in [0.2, 0.25) is 0 Å². The predicted molar refractivity (Wildman–Crippen MR) is 97.2 cm³/mol. The fourth-order valence-electron chi connectivity index (χ4n) is 3.53. The van der Waals surface area contributed by atoms with Crippen LogP contribution in [-0.4, -0.2) is 45.1 Å². The molecular weight excluding hydrogens is 320 g/mol. The van der Waals surface area contributed by atoms with Gasteiger partial charge in [0.25, 0.3) is 0 Å². The number of thioether (sulfide) groups is 1. The number of rotatable bonds is 5. The number of ether oxygens (including phenoxy) is 1. The third-order valence-electron chi connectivity index (χ3n) is 4.59. The highest BCUT2D eigenvalue weighted by Crippen LogP contribution is 2.47. The Labute approximate surface area is 146 Å². The van der Waals surface area contributed by atoms with Crippen LogP contribution in [0.2, 0.25) is 0 Å². The van der Waals surface area contributed by atoms with Crippen molar-refractivity contribution in [1.29, 1.82) is 0 Å². The van der Waals surface area contributed by atoms with Gasteiger partial charge >= 0.3 is 0 Å². The van der Waals surface area contributed by atoms with E-state index >= 15 is 0 Å². The third-order valence-corrected chi connectivity index (χ3v) is 5.69. The van der Waals surface area contributed by atoms with Crippen LogP contribution in [0.1, 0.15) is 30.4 Å². The Morgan fingerprint density at radius 3 is 3.00 bits per heavy atom. The summed E-state index contributed by atoms with van der Waals surface area (Å²) >= 11 is 1.87. The van der Waals surface area contributed by atoms with Crippen LogP contribution in [-0.2, 0) is 11.3 Å². The number of aromatic nitrogens is 2. The van der Waals surface area contributed by atoms with E-state index in [-0.39, 0.29) is 12.1 Å². The Kier molecular flexibility index (Phi) is 4.33. The van der Waals surface area contributed by atoms with Gasteiger partial charge in [0.1, 0.15) is 6.04 Å². The highest BCUT2D eigenvalue weighted by Gasteiger charge is 2.44. The topological polar surface area (TPSA) is 42.6 Å². The standard InChI is InChI=1S/C18H22N4OS/c1-13-12-22-17(15-7-5-9-21(15)10-11-23-2)16(20-18(22)24-13)14-6-3-4-8-19-14/h3-9,13,16-17H,10-12H2,1-2H3/t13-,16-,17+/m0/s1. The fraction of sp³-hybridized carbons (Fsp3) is 0.444. The van der Waals surface area contributed by atoms with Gasteiger partial charge in [0.15, 0.2) is 5.17 Å². The largest absolute Gasteiger partial charge is 0.383 e. The van der Waals surface area contributed by atoms with Crippen molar-refractivity contribution in [3.63, 3.8) is 0 Å². The third kappa shape index (κ3) is 2.74. The summed E-state index contributed by atoms with van der Waals surface area (Å²) in [5, 5.41) is 1.74. The van der Waals surface area contributed by atoms with Crippen molar-refractivity contribution in [2.45, 2.75) is 30.8 Å². The maximum atomic E-state index is 5.27. The summed E-state index contributed by atoms with van der Waals surface area (Å²) in [7, 11) is 1.75. The Morgan fingerprint density at radius 1 is 1.29 bits per heavy atom. The molecule has 0 aliphatic carbocycles. The molecule has 126 valence electrons. The van der Waals surface area contributed by atoms with E-state index in [2.05, 4.69) is 45.8 Å². The second-order valence-corrected chi connectivity index (χ2v) is 7.66. The zero-order valence-electron chi connectivity index (χ0n) is 14.0. The van der Waals surface area contributed by atoms with Crippen LogP contribution in [0.25, 0.3) is 0 Å². The summed E-state index contributed by atoms with van der Waals surface area (Å²) in [5.41, 5.74) is 2.33. The molecule has 0 spiro atoms. The van der Waals surface area contributed by atoms with Crippen LogP contribution in [0, 0.1) is 0 Å². The maximum absolute atomic E-state index is 5.27. The molecular formula is C18H22N4OS. The van der Waals surface area contributed by atoms with Crippen LogP contribution in [0.15, 0.2) is 47.7 Å². The Balaban J connectivity index is 1.72. The number of hydrogen-bond acceptors (Lipinski definition) is 5. The van der Waals surface area contributed by atoms with E-state index in [1.165, 1.54) is 5.69 Å². The summed E-state index contributed by atoms with van der Waals surface area (Å²) in [6.07, 6.45) is 3.99. The Hall–Kier alpha value is -1.79. The van der Waals surface area contributed by atoms with Crippen LogP contribution >= 0.6 is 11.8 Å². The molecule has 0 amide bonds. The van der Waals surface area contributed by atoms with Crippen molar-refractivity contribution in [1.82, 2.24) is 14.5 Å². The van der Waals surface area contributed by atoms with Gasteiger partial charge in [-0.3, -0.25) is 9.98 Å². The summed E-state index contributed by atoms with van der Waals surface area (Å²) in [4.78, 5) is 12.1. The van der Waals surface area contributed by atoms with Gasteiger partial charge < -0.3 is 14.2 Å². The number of nitrogens with zero attached hydrogens (tertiary/aromatic N) is 4. The van der Waals surface area contributed by atoms with Crippen LogP contribution in [0.5, 0.6) is 0 Å². The number of amidine groups is 1. The molecule has 5 nitrogen and oxygen atoms in total. The van der Waals surface area contributed by atoms with Crippen molar-refractivity contribution in [3.05, 3.63) is 54.1 Å². The Bertz CT molecular complexity index is 730. The Morgan fingerprint density at radius 2 is 2.21 bits per heavy atom. The van der Waals surface area contributed by atoms with E-state index < -0.39 is 0 Å². The molecule has 0 aromatic carbocycles. The smallest absolute Gasteiger partial charge is 0.160 e. The molecule has 6 heteroatoms. The maximum Gasteiger partial charge on any atom is 0.160 e. The molecule has 4 heterocycles. The zero-order valence-corrected chi connectivity index (χ0v) is 14.8. The van der Waals surface area contributed by atoms with Crippen molar-refractivity contribution in [2.24, 2.45) is 4.99 Å². The molecule has 0 saturated carbocycles. The first-order chi connectivity index (χ1) is 11.8. The quantitative estimate of drug-likeness (QED) is 0.837. The van der Waals surface area contributed by atoms with Crippen molar-refractivity contribution >= 4 is 16.9 Å². The number of aliphatic imine (C=N–C) groups is 1. The highest BCUT2D eigenvalue weighted by atomic mass is 32.2. The first-order valence-electron chi connectivity index (χ1n) is 8.34. The molecule has 0 N–H and O–H groups in total. The van der Waals surface area contributed by atoms with Crippen molar-refractivity contribution in [3.8, 4) is 0 Å². The normalized spacial score (nSPS) is 25.8. The molecule has 0 bridgehead atoms. The van der Waals surface area contributed by atoms with Crippen LogP contribution in [0.4, 0.5) is 0 Å². The van der Waals surface area contributed by atoms with E-state index in [1.807, 2.05) is 30.1 Å². The minimum Gasteiger partial charge on any atom is -0.383 e. The summed E-state index contributed by atoms with van der Waals surface area (Å²) in [6, 6.07) is 10.7. The lowest BCUT2D eigenvalue weighted by atomic mass is 10.0. The fourth-order valence-corrected chi connectivity index (χ4v) is 4.62. The van der Waals surface area contributed by atoms with Gasteiger partial charge in [-0.2, -0.15) is 0 Å². The van der Waals surface area contributed by atoms with Gasteiger partial charge in [-0.05, 0) is 24.3 Å². The van der Waals surface area contributed by atoms with Gasteiger partial charge in [-0.25, -0.2) is 0 Å². The van der Waals surface area contributed by atoms with Crippen LogP contribution in [0.3, 0.4) is 0 Å². The minimum atomic E-state index is 0.0531. The molecule has 2 aromatic heterocycles. The molecule has 1 fully saturated rings. The lowest BCUT2D eigenvalue weighted by Crippen LogP contribution is -2.30. The van der Waals surface area contributed by atoms with Gasteiger partial charge in [-0.15, -0.1) is 0 Å². The van der Waals surface area contributed by atoms with Crippen LogP contribution < -0.4 is 0 Å². The first-order valence-corrected chi connectivity index (χ1v) is 9.22. The average molecular weight is 342 g/mol. The van der Waals surface area contributed by atoms with Gasteiger partial charge in [0.05, 0.1) is 18.3 Å². The number of methoxy groups -OCH3 is 1. The van der Waals surface area contributed by atoms with E-state index in [0.717, 1.165) is 24.0 Å². The number of hydrogen-bond donors (Lipinski definition) is 0. The predicted octanol–water partition coefficient (Wildman–Crippen LogP) is 3.12. The van der Waals surface area contributed by atoms with Crippen molar-refractivity contribution < 1.29 is 4.74 Å². The molecule has 3 atom stereocenters. The summed E-state index contributed by atoms with van der Waals surface area (Å²) in [6.45, 7) is 4.87. The second kappa shape index (κ2) is 6.61. The highest BCUT2D eigenvalue weighted by molar-refractivity contribution is 8.14. The SMILES string of the molecule is COCCn1cccc1[C@@H]1[C@H](c2ccccn2)N=C2S[C@@H](C)CN21. The lowest BCUT2D eigenvalue weighted by Gasteiger charge is -2.28. The zero-order chi connectivity index (χ0) is 16.5. The van der Waals surface area contributed by atoms with Gasteiger partial charge in [-0.1, -0.05) is 24.8 Å². The molecule has 2 aromatic rings. The molecule has 2 aliphatic rings. The molecule has 1 saturated heterocycles. The number of fused-ring (bicyclic) bond motifs is 1. The number of pyridine rings is 1. The van der Waals surface area contributed by atoms with E-state index in [4.69, 9.17) is 9.73 Å². The first kappa shape index (κ1) is 15.7. The average Bonchev–Trinajstić information content (AvgIpc) is 3.27.